The number of nitrogens with one attached hydrogen (secondary N) is 1. The molecule has 0 radical (unpaired) electrons. The molecule has 1 aromatic heterocycles. The van der Waals surface area contributed by atoms with Crippen LogP contribution in [-0.2, 0) is 11.8 Å². The fraction of sp³-hybridized carbons (Fsp3) is 0.130. The SMILES string of the molecule is C/C(=N\NC(=O)CSc1nnc(-c2cccc(Br)c2)n1C)c1ccc2ccccc2c1. The number of fused-ring (bicyclic) bond motifs is 1. The van der Waals surface area contributed by atoms with Crippen molar-refractivity contribution in [2.24, 2.45) is 12.1 Å². The van der Waals surface area contributed by atoms with Crippen molar-refractivity contribution in [3.05, 3.63) is 76.8 Å². The van der Waals surface area contributed by atoms with Crippen LogP contribution in [-0.4, -0.2) is 32.1 Å². The summed E-state index contributed by atoms with van der Waals surface area (Å²) in [6.45, 7) is 1.88. The number of aromatic nitrogens is 3. The van der Waals surface area contributed by atoms with Crippen molar-refractivity contribution in [3.8, 4) is 11.4 Å². The average Bonchev–Trinajstić information content (AvgIpc) is 3.16. The zero-order chi connectivity index (χ0) is 21.8. The highest BCUT2D eigenvalue weighted by Crippen LogP contribution is 2.24. The van der Waals surface area contributed by atoms with Crippen LogP contribution in [0.15, 0.2) is 81.5 Å². The van der Waals surface area contributed by atoms with Gasteiger partial charge in [0.1, 0.15) is 0 Å². The number of carbonyl (C=O) groups excluding carboxylic acids is 1. The van der Waals surface area contributed by atoms with E-state index < -0.39 is 0 Å². The molecule has 0 aliphatic heterocycles. The van der Waals surface area contributed by atoms with Crippen LogP contribution in [0.2, 0.25) is 0 Å². The first-order valence-electron chi connectivity index (χ1n) is 9.62. The highest BCUT2D eigenvalue weighted by molar-refractivity contribution is 9.10. The first-order valence-corrected chi connectivity index (χ1v) is 11.4. The Labute approximate surface area is 192 Å². The van der Waals surface area contributed by atoms with E-state index in [1.807, 2.05) is 61.0 Å². The summed E-state index contributed by atoms with van der Waals surface area (Å²) in [6.07, 6.45) is 0. The second-order valence-electron chi connectivity index (χ2n) is 6.96. The van der Waals surface area contributed by atoms with E-state index in [-0.39, 0.29) is 11.7 Å². The topological polar surface area (TPSA) is 72.2 Å². The number of benzene rings is 3. The molecule has 0 bridgehead atoms. The number of rotatable bonds is 6. The van der Waals surface area contributed by atoms with Crippen LogP contribution in [0.25, 0.3) is 22.2 Å². The molecule has 0 atom stereocenters. The molecular formula is C23H20BrN5OS. The number of hydrogen-bond acceptors (Lipinski definition) is 5. The van der Waals surface area contributed by atoms with E-state index in [4.69, 9.17) is 0 Å². The number of thioether (sulfide) groups is 1. The average molecular weight is 494 g/mol. The molecule has 0 spiro atoms. The fourth-order valence-corrected chi connectivity index (χ4v) is 4.21. The molecule has 1 N–H and O–H groups in total. The number of hydrogen-bond donors (Lipinski definition) is 1. The van der Waals surface area contributed by atoms with E-state index in [1.54, 1.807) is 0 Å². The molecular weight excluding hydrogens is 474 g/mol. The van der Waals surface area contributed by atoms with Crippen molar-refractivity contribution < 1.29 is 4.79 Å². The lowest BCUT2D eigenvalue weighted by molar-refractivity contribution is -0.118. The number of hydrazone groups is 1. The van der Waals surface area contributed by atoms with E-state index in [2.05, 4.69) is 60.9 Å². The lowest BCUT2D eigenvalue weighted by Gasteiger charge is -2.05. The van der Waals surface area contributed by atoms with Gasteiger partial charge in [-0.1, -0.05) is 76.2 Å². The Morgan fingerprint density at radius 2 is 1.87 bits per heavy atom. The summed E-state index contributed by atoms with van der Waals surface area (Å²) in [7, 11) is 1.89. The summed E-state index contributed by atoms with van der Waals surface area (Å²) in [5.74, 6) is 0.741. The van der Waals surface area contributed by atoms with Gasteiger partial charge in [0.2, 0.25) is 0 Å². The quantitative estimate of drug-likeness (QED) is 0.232. The summed E-state index contributed by atoms with van der Waals surface area (Å²) in [5, 5.41) is 15.7. The second-order valence-corrected chi connectivity index (χ2v) is 8.82. The van der Waals surface area contributed by atoms with Gasteiger partial charge in [-0.2, -0.15) is 5.10 Å². The minimum absolute atomic E-state index is 0.193. The number of carbonyl (C=O) groups is 1. The van der Waals surface area contributed by atoms with Gasteiger partial charge in [-0.05, 0) is 41.5 Å². The predicted molar refractivity (Wildman–Crippen MR) is 129 cm³/mol. The predicted octanol–water partition coefficient (Wildman–Crippen LogP) is 5.03. The third-order valence-corrected chi connectivity index (χ3v) is 6.28. The summed E-state index contributed by atoms with van der Waals surface area (Å²) in [4.78, 5) is 12.3. The van der Waals surface area contributed by atoms with Crippen LogP contribution >= 0.6 is 27.7 Å². The van der Waals surface area contributed by atoms with Crippen LogP contribution < -0.4 is 5.43 Å². The Kier molecular flexibility index (Phi) is 6.48. The van der Waals surface area contributed by atoms with E-state index in [0.29, 0.717) is 5.16 Å². The first kappa shape index (κ1) is 21.3. The summed E-state index contributed by atoms with van der Waals surface area (Å²) >= 11 is 4.79. The van der Waals surface area contributed by atoms with Gasteiger partial charge >= 0.3 is 0 Å². The third-order valence-electron chi connectivity index (χ3n) is 4.77. The molecule has 0 saturated carbocycles. The zero-order valence-electron chi connectivity index (χ0n) is 17.0. The monoisotopic (exact) mass is 493 g/mol. The van der Waals surface area contributed by atoms with Gasteiger partial charge in [-0.25, -0.2) is 5.43 Å². The van der Waals surface area contributed by atoms with E-state index in [9.17, 15) is 4.79 Å². The molecule has 0 aliphatic rings. The molecule has 4 rings (SSSR count). The molecule has 0 unspecified atom stereocenters. The van der Waals surface area contributed by atoms with Gasteiger partial charge in [0.05, 0.1) is 11.5 Å². The number of halogens is 1. The molecule has 8 heteroatoms. The Morgan fingerprint density at radius 1 is 1.06 bits per heavy atom. The van der Waals surface area contributed by atoms with Crippen molar-refractivity contribution in [3.63, 3.8) is 0 Å². The maximum absolute atomic E-state index is 12.3. The lowest BCUT2D eigenvalue weighted by atomic mass is 10.0. The van der Waals surface area contributed by atoms with Crippen molar-refractivity contribution in [1.29, 1.82) is 0 Å². The van der Waals surface area contributed by atoms with E-state index in [0.717, 1.165) is 32.5 Å². The standard InChI is InChI=1S/C23H20BrN5OS/c1-15(17-11-10-16-6-3-4-7-18(16)12-17)25-26-21(30)14-31-23-28-27-22(29(23)2)19-8-5-9-20(24)13-19/h3-13H,14H2,1-2H3,(H,26,30)/b25-15+. The molecule has 6 nitrogen and oxygen atoms in total. The van der Waals surface area contributed by atoms with Gasteiger partial charge in [0.25, 0.3) is 5.91 Å². The summed E-state index contributed by atoms with van der Waals surface area (Å²) in [6, 6.07) is 22.1. The van der Waals surface area contributed by atoms with Gasteiger partial charge in [0, 0.05) is 17.1 Å². The Morgan fingerprint density at radius 3 is 2.68 bits per heavy atom. The second kappa shape index (κ2) is 9.45. The smallest absolute Gasteiger partial charge is 0.250 e. The minimum atomic E-state index is -0.197. The number of nitrogens with zero attached hydrogens (tertiary/aromatic N) is 4. The molecule has 0 aliphatic carbocycles. The van der Waals surface area contributed by atoms with Crippen molar-refractivity contribution in [1.82, 2.24) is 20.2 Å². The molecule has 1 amide bonds. The molecule has 3 aromatic carbocycles. The van der Waals surface area contributed by atoms with Crippen molar-refractivity contribution in [2.75, 3.05) is 5.75 Å². The third kappa shape index (κ3) is 5.03. The van der Waals surface area contributed by atoms with Crippen LogP contribution in [0.1, 0.15) is 12.5 Å². The highest BCUT2D eigenvalue weighted by atomic mass is 79.9. The Bertz CT molecular complexity index is 1280. The maximum atomic E-state index is 12.3. The summed E-state index contributed by atoms with van der Waals surface area (Å²) in [5.41, 5.74) is 5.30. The largest absolute Gasteiger partial charge is 0.305 e. The molecule has 0 saturated heterocycles. The van der Waals surface area contributed by atoms with Crippen LogP contribution in [0, 0.1) is 0 Å². The Balaban J connectivity index is 1.38. The van der Waals surface area contributed by atoms with Gasteiger partial charge in [0.15, 0.2) is 11.0 Å². The Hall–Kier alpha value is -2.97. The molecule has 1 heterocycles. The molecule has 0 fully saturated rings. The highest BCUT2D eigenvalue weighted by Gasteiger charge is 2.13. The van der Waals surface area contributed by atoms with Crippen molar-refractivity contribution in [2.45, 2.75) is 12.1 Å². The molecule has 31 heavy (non-hydrogen) atoms. The van der Waals surface area contributed by atoms with Crippen LogP contribution in [0.5, 0.6) is 0 Å². The van der Waals surface area contributed by atoms with Crippen LogP contribution in [0.4, 0.5) is 0 Å². The van der Waals surface area contributed by atoms with Crippen LogP contribution in [0.3, 0.4) is 0 Å². The zero-order valence-corrected chi connectivity index (χ0v) is 19.4. The maximum Gasteiger partial charge on any atom is 0.250 e. The molecule has 4 aromatic rings. The fourth-order valence-electron chi connectivity index (χ4n) is 3.11. The molecule has 156 valence electrons. The van der Waals surface area contributed by atoms with E-state index in [1.165, 1.54) is 17.1 Å². The van der Waals surface area contributed by atoms with Gasteiger partial charge in [-0.3, -0.25) is 4.79 Å². The lowest BCUT2D eigenvalue weighted by Crippen LogP contribution is -2.21. The van der Waals surface area contributed by atoms with E-state index >= 15 is 0 Å². The van der Waals surface area contributed by atoms with Gasteiger partial charge in [-0.15, -0.1) is 10.2 Å². The number of amides is 1. The van der Waals surface area contributed by atoms with Crippen molar-refractivity contribution >= 4 is 50.1 Å². The minimum Gasteiger partial charge on any atom is -0.305 e. The van der Waals surface area contributed by atoms with Gasteiger partial charge < -0.3 is 4.57 Å². The first-order chi connectivity index (χ1) is 15.0. The normalized spacial score (nSPS) is 11.6. The summed E-state index contributed by atoms with van der Waals surface area (Å²) < 4.78 is 2.85.